The average Bonchev–Trinajstić information content (AvgIpc) is 2.79. The summed E-state index contributed by atoms with van der Waals surface area (Å²) in [5.41, 5.74) is 0. The third-order valence-electron chi connectivity index (χ3n) is 4.30. The molecule has 1 fully saturated rings. The molecule has 1 aromatic rings. The fraction of sp³-hybridized carbons (Fsp3) is 0.529. The lowest BCUT2D eigenvalue weighted by molar-refractivity contribution is -0.138. The van der Waals surface area contributed by atoms with Crippen LogP contribution in [0.5, 0.6) is 5.75 Å². The Balaban J connectivity index is 1.85. The summed E-state index contributed by atoms with van der Waals surface area (Å²) in [4.78, 5) is 26.7. The summed E-state index contributed by atoms with van der Waals surface area (Å²) < 4.78 is 18.4. The molecule has 1 aliphatic heterocycles. The number of likely N-dealkylation sites (tertiary alicyclic amines) is 1. The van der Waals surface area contributed by atoms with Crippen LogP contribution in [0.25, 0.3) is 0 Å². The first-order valence-electron chi connectivity index (χ1n) is 8.14. The molecule has 1 unspecified atom stereocenters. The number of rotatable bonds is 6. The van der Waals surface area contributed by atoms with Gasteiger partial charge in [0.2, 0.25) is 0 Å². The number of carbonyl (C=O) groups excluding carboxylic acids is 1. The topological polar surface area (TPSA) is 70.1 Å². The van der Waals surface area contributed by atoms with Crippen molar-refractivity contribution in [3.05, 3.63) is 29.0 Å². The number of nitrogens with zero attached hydrogens (tertiary/aromatic N) is 2. The zero-order chi connectivity index (χ0) is 18.4. The van der Waals surface area contributed by atoms with Gasteiger partial charge in [-0.2, -0.15) is 0 Å². The Morgan fingerprint density at radius 2 is 2.16 bits per heavy atom. The van der Waals surface area contributed by atoms with Crippen LogP contribution in [0.1, 0.15) is 19.3 Å². The quantitative estimate of drug-likeness (QED) is 0.829. The third-order valence-corrected chi connectivity index (χ3v) is 4.60. The molecule has 1 amide bonds. The van der Waals surface area contributed by atoms with E-state index in [2.05, 4.69) is 0 Å². The van der Waals surface area contributed by atoms with Gasteiger partial charge in [-0.25, -0.2) is 4.39 Å². The van der Waals surface area contributed by atoms with E-state index in [-0.39, 0.29) is 35.9 Å². The summed E-state index contributed by atoms with van der Waals surface area (Å²) in [6.07, 6.45) is 2.36. The minimum absolute atomic E-state index is 0.00914. The molecule has 8 heteroatoms. The molecular weight excluding hydrogens is 351 g/mol. The zero-order valence-corrected chi connectivity index (χ0v) is 14.8. The van der Waals surface area contributed by atoms with Gasteiger partial charge in [-0.1, -0.05) is 11.6 Å². The van der Waals surface area contributed by atoms with Gasteiger partial charge in [0.1, 0.15) is 11.6 Å². The van der Waals surface area contributed by atoms with E-state index in [1.165, 1.54) is 12.1 Å². The Labute approximate surface area is 151 Å². The van der Waals surface area contributed by atoms with Crippen molar-refractivity contribution in [2.45, 2.75) is 25.3 Å². The molecule has 0 saturated carbocycles. The summed E-state index contributed by atoms with van der Waals surface area (Å²) in [6.45, 7) is 0.983. The third kappa shape index (κ3) is 5.86. The molecule has 0 radical (unpaired) electrons. The second-order valence-corrected chi connectivity index (χ2v) is 6.54. The summed E-state index contributed by atoms with van der Waals surface area (Å²) in [5, 5.41) is 9.01. The highest BCUT2D eigenvalue weighted by Gasteiger charge is 2.24. The van der Waals surface area contributed by atoms with E-state index >= 15 is 0 Å². The van der Waals surface area contributed by atoms with E-state index in [0.717, 1.165) is 18.9 Å². The molecule has 2 rings (SSSR count). The second-order valence-electron chi connectivity index (χ2n) is 6.14. The number of ether oxygens (including phenoxy) is 1. The average molecular weight is 373 g/mol. The van der Waals surface area contributed by atoms with Crippen molar-refractivity contribution in [2.24, 2.45) is 0 Å². The molecular formula is C17H22ClFN2O4. The molecule has 0 aliphatic carbocycles. The van der Waals surface area contributed by atoms with Crippen LogP contribution in [0, 0.1) is 5.82 Å². The lowest BCUT2D eigenvalue weighted by Crippen LogP contribution is -2.38. The molecule has 25 heavy (non-hydrogen) atoms. The van der Waals surface area contributed by atoms with Gasteiger partial charge in [0.15, 0.2) is 6.61 Å². The molecule has 1 aliphatic rings. The van der Waals surface area contributed by atoms with Crippen LogP contribution in [-0.4, -0.2) is 66.1 Å². The maximum atomic E-state index is 13.0. The molecule has 0 spiro atoms. The maximum absolute atomic E-state index is 13.0. The van der Waals surface area contributed by atoms with Crippen molar-refractivity contribution in [3.63, 3.8) is 0 Å². The van der Waals surface area contributed by atoms with Gasteiger partial charge in [-0.3, -0.25) is 14.5 Å². The van der Waals surface area contributed by atoms with E-state index in [9.17, 15) is 14.0 Å². The Bertz CT molecular complexity index is 629. The second kappa shape index (κ2) is 9.01. The van der Waals surface area contributed by atoms with Crippen LogP contribution in [0.4, 0.5) is 4.39 Å². The van der Waals surface area contributed by atoms with Gasteiger partial charge < -0.3 is 14.7 Å². The van der Waals surface area contributed by atoms with Gasteiger partial charge in [0.25, 0.3) is 5.91 Å². The lowest BCUT2D eigenvalue weighted by Gasteiger charge is -2.25. The van der Waals surface area contributed by atoms with Crippen LogP contribution < -0.4 is 4.74 Å². The predicted octanol–water partition coefficient (Wildman–Crippen LogP) is 2.26. The van der Waals surface area contributed by atoms with Crippen LogP contribution in [0.15, 0.2) is 18.2 Å². The number of carboxylic acids is 1. The minimum atomic E-state index is -0.857. The first-order chi connectivity index (χ1) is 11.9. The number of hydrogen-bond acceptors (Lipinski definition) is 4. The van der Waals surface area contributed by atoms with E-state index < -0.39 is 11.8 Å². The van der Waals surface area contributed by atoms with Crippen molar-refractivity contribution in [1.29, 1.82) is 0 Å². The standard InChI is InChI=1S/C17H22ClFN2O4/c1-20(10-17(23)24)13-3-2-7-21(8-6-13)16(22)11-25-15-5-4-12(19)9-14(15)18/h4-5,9,13H,2-3,6-8,10-11H2,1H3,(H,23,24). The number of benzene rings is 1. The number of aliphatic carboxylic acids is 1. The highest BCUT2D eigenvalue weighted by molar-refractivity contribution is 6.32. The Morgan fingerprint density at radius 1 is 1.40 bits per heavy atom. The predicted molar refractivity (Wildman–Crippen MR) is 91.4 cm³/mol. The van der Waals surface area contributed by atoms with Crippen molar-refractivity contribution in [2.75, 3.05) is 33.3 Å². The van der Waals surface area contributed by atoms with Crippen LogP contribution in [-0.2, 0) is 9.59 Å². The van der Waals surface area contributed by atoms with Crippen molar-refractivity contribution in [1.82, 2.24) is 9.80 Å². The highest BCUT2D eigenvalue weighted by atomic mass is 35.5. The van der Waals surface area contributed by atoms with E-state index in [1.807, 2.05) is 4.90 Å². The zero-order valence-electron chi connectivity index (χ0n) is 14.1. The fourth-order valence-corrected chi connectivity index (χ4v) is 3.16. The molecule has 0 bridgehead atoms. The van der Waals surface area contributed by atoms with Crippen LogP contribution in [0.2, 0.25) is 5.02 Å². The van der Waals surface area contributed by atoms with Crippen LogP contribution in [0.3, 0.4) is 0 Å². The minimum Gasteiger partial charge on any atom is -0.482 e. The SMILES string of the molecule is CN(CC(=O)O)C1CCCN(C(=O)COc2ccc(F)cc2Cl)CC1. The number of likely N-dealkylation sites (N-methyl/N-ethyl adjacent to an activating group) is 1. The molecule has 1 aromatic carbocycles. The molecule has 0 aromatic heterocycles. The van der Waals surface area contributed by atoms with Gasteiger partial charge in [-0.05, 0) is 44.5 Å². The summed E-state index contributed by atoms with van der Waals surface area (Å²) in [6, 6.07) is 3.89. The first kappa shape index (κ1) is 19.5. The van der Waals surface area contributed by atoms with Crippen molar-refractivity contribution < 1.29 is 23.8 Å². The van der Waals surface area contributed by atoms with Gasteiger partial charge in [0.05, 0.1) is 11.6 Å². The Morgan fingerprint density at radius 3 is 2.84 bits per heavy atom. The summed E-state index contributed by atoms with van der Waals surface area (Å²) >= 11 is 5.88. The Kier molecular flexibility index (Phi) is 7.01. The monoisotopic (exact) mass is 372 g/mol. The molecule has 138 valence electrons. The number of carboxylic acid groups (broad SMARTS) is 1. The smallest absolute Gasteiger partial charge is 0.317 e. The fourth-order valence-electron chi connectivity index (χ4n) is 2.93. The molecule has 1 atom stereocenters. The van der Waals surface area contributed by atoms with Gasteiger partial charge in [0, 0.05) is 19.1 Å². The number of halogens is 2. The summed E-state index contributed by atoms with van der Waals surface area (Å²) in [5.74, 6) is -1.22. The molecule has 1 N–H and O–H groups in total. The van der Waals surface area contributed by atoms with E-state index in [1.54, 1.807) is 11.9 Å². The largest absolute Gasteiger partial charge is 0.482 e. The van der Waals surface area contributed by atoms with Crippen molar-refractivity contribution >= 4 is 23.5 Å². The molecule has 1 heterocycles. The van der Waals surface area contributed by atoms with Gasteiger partial charge in [-0.15, -0.1) is 0 Å². The van der Waals surface area contributed by atoms with Gasteiger partial charge >= 0.3 is 5.97 Å². The molecule has 6 nitrogen and oxygen atoms in total. The molecule has 1 saturated heterocycles. The summed E-state index contributed by atoms with van der Waals surface area (Å²) in [7, 11) is 1.79. The maximum Gasteiger partial charge on any atom is 0.317 e. The normalized spacial score (nSPS) is 18.1. The highest BCUT2D eigenvalue weighted by Crippen LogP contribution is 2.25. The van der Waals surface area contributed by atoms with E-state index in [4.69, 9.17) is 21.4 Å². The number of amides is 1. The Hall–Kier alpha value is -1.86. The van der Waals surface area contributed by atoms with E-state index in [0.29, 0.717) is 19.5 Å². The number of carbonyl (C=O) groups is 2. The first-order valence-corrected chi connectivity index (χ1v) is 8.52. The van der Waals surface area contributed by atoms with Crippen LogP contribution >= 0.6 is 11.6 Å². The lowest BCUT2D eigenvalue weighted by atomic mass is 10.1. The van der Waals surface area contributed by atoms with Crippen molar-refractivity contribution in [3.8, 4) is 5.75 Å². The number of hydrogen-bond donors (Lipinski definition) is 1.